The van der Waals surface area contributed by atoms with Gasteiger partial charge in [0.2, 0.25) is 0 Å². The summed E-state index contributed by atoms with van der Waals surface area (Å²) in [7, 11) is 2.09. The molecule has 0 radical (unpaired) electrons. The Bertz CT molecular complexity index is 340. The van der Waals surface area contributed by atoms with E-state index < -0.39 is 5.97 Å². The molecule has 0 amide bonds. The van der Waals surface area contributed by atoms with Crippen LogP contribution in [0.25, 0.3) is 0 Å². The Balaban J connectivity index is 2.11. The molecule has 1 aromatic heterocycles. The molecule has 1 unspecified atom stereocenters. The molecule has 2 rings (SSSR count). The van der Waals surface area contributed by atoms with Crippen molar-refractivity contribution in [3.8, 4) is 0 Å². The Hall–Kier alpha value is -1.29. The van der Waals surface area contributed by atoms with E-state index >= 15 is 0 Å². The SMILES string of the molecule is CN1CCC(C(C(=O)O)c2cc[nH]c2)CC1. The van der Waals surface area contributed by atoms with Crippen LogP contribution in [-0.2, 0) is 4.79 Å². The summed E-state index contributed by atoms with van der Waals surface area (Å²) in [6.45, 7) is 2.00. The normalized spacial score (nSPS) is 20.8. The van der Waals surface area contributed by atoms with Gasteiger partial charge in [0.25, 0.3) is 0 Å². The van der Waals surface area contributed by atoms with Crippen molar-refractivity contribution >= 4 is 5.97 Å². The van der Waals surface area contributed by atoms with Gasteiger partial charge in [0.05, 0.1) is 5.92 Å². The van der Waals surface area contributed by atoms with Crippen molar-refractivity contribution in [2.24, 2.45) is 5.92 Å². The third-order valence-corrected chi connectivity index (χ3v) is 3.48. The Labute approximate surface area is 95.3 Å². The molecule has 2 N–H and O–H groups in total. The number of hydrogen-bond acceptors (Lipinski definition) is 2. The molecule has 1 fully saturated rings. The van der Waals surface area contributed by atoms with Crippen molar-refractivity contribution < 1.29 is 9.90 Å². The summed E-state index contributed by atoms with van der Waals surface area (Å²) < 4.78 is 0. The van der Waals surface area contributed by atoms with Crippen LogP contribution in [0.1, 0.15) is 24.3 Å². The average Bonchev–Trinajstić information content (AvgIpc) is 2.74. The lowest BCUT2D eigenvalue weighted by atomic mass is 9.81. The second kappa shape index (κ2) is 4.70. The van der Waals surface area contributed by atoms with Gasteiger partial charge in [0.1, 0.15) is 0 Å². The highest BCUT2D eigenvalue weighted by Crippen LogP contribution is 2.32. The molecule has 88 valence electrons. The van der Waals surface area contributed by atoms with Crippen molar-refractivity contribution in [1.82, 2.24) is 9.88 Å². The number of aliphatic carboxylic acids is 1. The van der Waals surface area contributed by atoms with Gasteiger partial charge in [0.15, 0.2) is 0 Å². The van der Waals surface area contributed by atoms with E-state index in [9.17, 15) is 9.90 Å². The fourth-order valence-corrected chi connectivity index (χ4v) is 2.51. The number of aromatic nitrogens is 1. The van der Waals surface area contributed by atoms with Gasteiger partial charge in [-0.15, -0.1) is 0 Å². The molecule has 2 heterocycles. The fraction of sp³-hybridized carbons (Fsp3) is 0.583. The van der Waals surface area contributed by atoms with Crippen LogP contribution >= 0.6 is 0 Å². The van der Waals surface area contributed by atoms with Gasteiger partial charge in [-0.2, -0.15) is 0 Å². The minimum absolute atomic E-state index is 0.268. The Morgan fingerprint density at radius 1 is 1.56 bits per heavy atom. The molecule has 1 aliphatic heterocycles. The molecule has 4 nitrogen and oxygen atoms in total. The van der Waals surface area contributed by atoms with Gasteiger partial charge < -0.3 is 15.0 Å². The van der Waals surface area contributed by atoms with Crippen molar-refractivity contribution in [3.05, 3.63) is 24.0 Å². The first-order chi connectivity index (χ1) is 7.68. The lowest BCUT2D eigenvalue weighted by molar-refractivity contribution is -0.140. The van der Waals surface area contributed by atoms with E-state index in [2.05, 4.69) is 16.9 Å². The zero-order chi connectivity index (χ0) is 11.5. The largest absolute Gasteiger partial charge is 0.481 e. The number of rotatable bonds is 3. The number of likely N-dealkylation sites (tertiary alicyclic amines) is 1. The fourth-order valence-electron chi connectivity index (χ4n) is 2.51. The summed E-state index contributed by atoms with van der Waals surface area (Å²) in [6, 6.07) is 1.87. The number of piperidine rings is 1. The second-order valence-electron chi connectivity index (χ2n) is 4.60. The van der Waals surface area contributed by atoms with Crippen molar-refractivity contribution in [2.45, 2.75) is 18.8 Å². The van der Waals surface area contributed by atoms with Gasteiger partial charge in [-0.25, -0.2) is 0 Å². The Morgan fingerprint density at radius 3 is 2.75 bits per heavy atom. The van der Waals surface area contributed by atoms with E-state index in [0.717, 1.165) is 31.5 Å². The highest BCUT2D eigenvalue weighted by atomic mass is 16.4. The molecule has 16 heavy (non-hydrogen) atoms. The Kier molecular flexibility index (Phi) is 3.29. The molecule has 0 bridgehead atoms. The van der Waals surface area contributed by atoms with E-state index in [1.807, 2.05) is 6.07 Å². The number of carbonyl (C=O) groups is 1. The first-order valence-corrected chi connectivity index (χ1v) is 5.72. The molecule has 1 aromatic rings. The van der Waals surface area contributed by atoms with E-state index in [4.69, 9.17) is 0 Å². The average molecular weight is 222 g/mol. The third kappa shape index (κ3) is 2.27. The predicted molar refractivity (Wildman–Crippen MR) is 61.4 cm³/mol. The number of carboxylic acid groups (broad SMARTS) is 1. The molecule has 1 aliphatic rings. The molecule has 0 aromatic carbocycles. The highest BCUT2D eigenvalue weighted by Gasteiger charge is 2.31. The van der Waals surface area contributed by atoms with Crippen LogP contribution in [0, 0.1) is 5.92 Å². The van der Waals surface area contributed by atoms with Gasteiger partial charge in [-0.05, 0) is 50.5 Å². The molecule has 1 atom stereocenters. The quantitative estimate of drug-likeness (QED) is 0.815. The van der Waals surface area contributed by atoms with Crippen LogP contribution < -0.4 is 0 Å². The molecular formula is C12H18N2O2. The van der Waals surface area contributed by atoms with Crippen molar-refractivity contribution in [2.75, 3.05) is 20.1 Å². The van der Waals surface area contributed by atoms with Crippen LogP contribution in [0.4, 0.5) is 0 Å². The number of nitrogens with zero attached hydrogens (tertiary/aromatic N) is 1. The van der Waals surface area contributed by atoms with Crippen LogP contribution in [0.2, 0.25) is 0 Å². The van der Waals surface area contributed by atoms with E-state index in [1.54, 1.807) is 12.4 Å². The molecule has 1 saturated heterocycles. The van der Waals surface area contributed by atoms with Crippen LogP contribution in [0.3, 0.4) is 0 Å². The Morgan fingerprint density at radius 2 is 2.25 bits per heavy atom. The topological polar surface area (TPSA) is 56.3 Å². The van der Waals surface area contributed by atoms with Crippen molar-refractivity contribution in [3.63, 3.8) is 0 Å². The molecule has 0 aliphatic carbocycles. The molecule has 0 spiro atoms. The number of nitrogens with one attached hydrogen (secondary N) is 1. The number of hydrogen-bond donors (Lipinski definition) is 2. The molecule has 0 saturated carbocycles. The van der Waals surface area contributed by atoms with Gasteiger partial charge >= 0.3 is 5.97 Å². The zero-order valence-corrected chi connectivity index (χ0v) is 9.52. The van der Waals surface area contributed by atoms with Gasteiger partial charge in [-0.3, -0.25) is 4.79 Å². The smallest absolute Gasteiger partial charge is 0.311 e. The van der Waals surface area contributed by atoms with E-state index in [1.165, 1.54) is 0 Å². The minimum Gasteiger partial charge on any atom is -0.481 e. The standard InChI is InChI=1S/C12H18N2O2/c1-14-6-3-9(4-7-14)11(12(15)16)10-2-5-13-8-10/h2,5,8-9,11,13H,3-4,6-7H2,1H3,(H,15,16). The zero-order valence-electron chi connectivity index (χ0n) is 9.52. The summed E-state index contributed by atoms with van der Waals surface area (Å²) in [6.07, 6.45) is 5.54. The summed E-state index contributed by atoms with van der Waals surface area (Å²) in [5, 5.41) is 9.34. The minimum atomic E-state index is -0.700. The second-order valence-corrected chi connectivity index (χ2v) is 4.60. The maximum atomic E-state index is 11.4. The van der Waals surface area contributed by atoms with Crippen LogP contribution in [-0.4, -0.2) is 41.1 Å². The summed E-state index contributed by atoms with van der Waals surface area (Å²) in [5.41, 5.74) is 0.905. The van der Waals surface area contributed by atoms with Crippen molar-refractivity contribution in [1.29, 1.82) is 0 Å². The number of aromatic amines is 1. The lowest BCUT2D eigenvalue weighted by Gasteiger charge is -2.32. The van der Waals surface area contributed by atoms with Crippen LogP contribution in [0.15, 0.2) is 18.5 Å². The molecular weight excluding hydrogens is 204 g/mol. The number of H-pyrrole nitrogens is 1. The summed E-state index contributed by atoms with van der Waals surface area (Å²) in [5.74, 6) is -0.779. The molecule has 4 heteroatoms. The maximum Gasteiger partial charge on any atom is 0.311 e. The number of carboxylic acids is 1. The third-order valence-electron chi connectivity index (χ3n) is 3.48. The first-order valence-electron chi connectivity index (χ1n) is 5.72. The van der Waals surface area contributed by atoms with Gasteiger partial charge in [-0.1, -0.05) is 0 Å². The van der Waals surface area contributed by atoms with E-state index in [-0.39, 0.29) is 11.8 Å². The summed E-state index contributed by atoms with van der Waals surface area (Å²) in [4.78, 5) is 16.5. The summed E-state index contributed by atoms with van der Waals surface area (Å²) >= 11 is 0. The maximum absolute atomic E-state index is 11.4. The monoisotopic (exact) mass is 222 g/mol. The van der Waals surface area contributed by atoms with Crippen LogP contribution in [0.5, 0.6) is 0 Å². The highest BCUT2D eigenvalue weighted by molar-refractivity contribution is 5.76. The first kappa shape index (κ1) is 11.2. The van der Waals surface area contributed by atoms with Gasteiger partial charge in [0, 0.05) is 12.4 Å². The lowest BCUT2D eigenvalue weighted by Crippen LogP contribution is -2.34. The predicted octanol–water partition coefficient (Wildman–Crippen LogP) is 1.52. The van der Waals surface area contributed by atoms with E-state index in [0.29, 0.717) is 0 Å².